The van der Waals surface area contributed by atoms with Crippen molar-refractivity contribution in [3.05, 3.63) is 47.7 Å². The summed E-state index contributed by atoms with van der Waals surface area (Å²) in [7, 11) is -3.65. The third-order valence-corrected chi connectivity index (χ3v) is 15.8. The zero-order valence-electron chi connectivity index (χ0n) is 20.1. The van der Waals surface area contributed by atoms with Crippen LogP contribution < -0.4 is 0 Å². The van der Waals surface area contributed by atoms with Crippen LogP contribution in [0.2, 0.25) is 36.3 Å². The Morgan fingerprint density at radius 1 is 1.00 bits per heavy atom. The van der Waals surface area contributed by atoms with Crippen LogP contribution in [0.4, 0.5) is 0 Å². The van der Waals surface area contributed by atoms with Crippen LogP contribution in [-0.2, 0) is 8.85 Å². The highest BCUT2D eigenvalue weighted by Crippen LogP contribution is 2.43. The molecule has 0 saturated heterocycles. The van der Waals surface area contributed by atoms with Gasteiger partial charge < -0.3 is 8.85 Å². The highest BCUT2D eigenvalue weighted by atomic mass is 28.4. The number of hydrogen-bond donors (Lipinski definition) is 0. The van der Waals surface area contributed by atoms with Gasteiger partial charge in [0.2, 0.25) is 8.32 Å². The average molecular weight is 421 g/mol. The van der Waals surface area contributed by atoms with Crippen LogP contribution in [0.3, 0.4) is 0 Å². The highest BCUT2D eigenvalue weighted by molar-refractivity contribution is 6.74. The Morgan fingerprint density at radius 3 is 1.89 bits per heavy atom. The fourth-order valence-electron chi connectivity index (χ4n) is 3.38. The predicted octanol–water partition coefficient (Wildman–Crippen LogP) is 8.31. The predicted molar refractivity (Wildman–Crippen MR) is 129 cm³/mol. The summed E-state index contributed by atoms with van der Waals surface area (Å²) in [4.78, 5) is 0. The number of hydrogen-bond acceptors (Lipinski definition) is 2. The third kappa shape index (κ3) is 6.07. The van der Waals surface area contributed by atoms with Crippen molar-refractivity contribution < 1.29 is 8.85 Å². The lowest BCUT2D eigenvalue weighted by Gasteiger charge is -2.42. The monoisotopic (exact) mass is 420 g/mol. The maximum absolute atomic E-state index is 6.98. The summed E-state index contributed by atoms with van der Waals surface area (Å²) >= 11 is 0. The molecule has 0 heterocycles. The zero-order valence-corrected chi connectivity index (χ0v) is 22.1. The van der Waals surface area contributed by atoms with Crippen LogP contribution >= 0.6 is 0 Å². The highest BCUT2D eigenvalue weighted by Gasteiger charge is 2.42. The van der Waals surface area contributed by atoms with E-state index in [2.05, 4.69) is 105 Å². The van der Waals surface area contributed by atoms with Gasteiger partial charge in [0.15, 0.2) is 8.32 Å². The second kappa shape index (κ2) is 10.3. The molecule has 28 heavy (non-hydrogen) atoms. The smallest absolute Gasteiger partial charge is 0.250 e. The Hall–Kier alpha value is -0.846. The Kier molecular flexibility index (Phi) is 9.23. The van der Waals surface area contributed by atoms with Crippen LogP contribution in [0.15, 0.2) is 42.2 Å². The molecule has 1 unspecified atom stereocenters. The molecule has 0 aromatic heterocycles. The molecule has 160 valence electrons. The van der Waals surface area contributed by atoms with Crippen LogP contribution in [0.5, 0.6) is 0 Å². The van der Waals surface area contributed by atoms with Crippen molar-refractivity contribution >= 4 is 16.6 Å². The van der Waals surface area contributed by atoms with Crippen molar-refractivity contribution in [2.45, 2.75) is 97.8 Å². The van der Waals surface area contributed by atoms with E-state index in [1.54, 1.807) is 0 Å². The number of allylic oxidation sites excluding steroid dienone is 1. The van der Waals surface area contributed by atoms with Gasteiger partial charge in [0.25, 0.3) is 0 Å². The van der Waals surface area contributed by atoms with E-state index in [4.69, 9.17) is 8.85 Å². The molecule has 0 saturated carbocycles. The quantitative estimate of drug-likeness (QED) is 0.280. The zero-order chi connectivity index (χ0) is 21.6. The molecule has 0 spiro atoms. The van der Waals surface area contributed by atoms with Gasteiger partial charge in [0, 0.05) is 5.92 Å². The summed E-state index contributed by atoms with van der Waals surface area (Å²) in [6, 6.07) is 14.2. The standard InChI is InChI=1S/C24H44O2Si2/c1-11-22(25-28(12-2,13-3)14-4)20(5)23(21-18-16-15-17-19-21)26-27(9,10)24(6,7)8/h11,15-20,23H,12-14H2,1-10H3/b22-11-/t20-,23?/m1/s1. The molecule has 2 nitrogen and oxygen atoms in total. The molecule has 0 aliphatic rings. The lowest BCUT2D eigenvalue weighted by molar-refractivity contribution is 0.120. The minimum atomic E-state index is -1.93. The minimum absolute atomic E-state index is 0.0190. The first-order valence-corrected chi connectivity index (χ1v) is 16.5. The van der Waals surface area contributed by atoms with E-state index >= 15 is 0 Å². The molecule has 0 radical (unpaired) electrons. The maximum atomic E-state index is 6.98. The van der Waals surface area contributed by atoms with E-state index in [9.17, 15) is 0 Å². The number of rotatable bonds is 10. The van der Waals surface area contributed by atoms with Crippen molar-refractivity contribution in [2.24, 2.45) is 5.92 Å². The molecule has 0 N–H and O–H groups in total. The van der Waals surface area contributed by atoms with E-state index in [1.165, 1.54) is 5.56 Å². The Morgan fingerprint density at radius 2 is 1.50 bits per heavy atom. The molecular weight excluding hydrogens is 376 g/mol. The maximum Gasteiger partial charge on any atom is 0.250 e. The first kappa shape index (κ1) is 25.2. The summed E-state index contributed by atoms with van der Waals surface area (Å²) in [6.45, 7) is 22.9. The molecule has 1 aromatic rings. The van der Waals surface area contributed by atoms with Crippen molar-refractivity contribution in [3.63, 3.8) is 0 Å². The van der Waals surface area contributed by atoms with Crippen LogP contribution in [-0.4, -0.2) is 16.6 Å². The van der Waals surface area contributed by atoms with E-state index in [0.717, 1.165) is 23.9 Å². The van der Waals surface area contributed by atoms with Gasteiger partial charge in [-0.3, -0.25) is 0 Å². The van der Waals surface area contributed by atoms with Crippen LogP contribution in [0, 0.1) is 5.92 Å². The van der Waals surface area contributed by atoms with E-state index in [0.29, 0.717) is 0 Å². The molecule has 0 amide bonds. The molecule has 1 rings (SSSR count). The number of benzene rings is 1. The SMILES string of the molecule is C/C=C(\O[Si](CC)(CC)CC)[C@@H](C)C(O[Si](C)(C)C(C)(C)C)c1ccccc1. The Bertz CT molecular complexity index is 605. The summed E-state index contributed by atoms with van der Waals surface area (Å²) in [5.74, 6) is 1.31. The lowest BCUT2D eigenvalue weighted by atomic mass is 9.95. The molecule has 1 aromatic carbocycles. The van der Waals surface area contributed by atoms with Gasteiger partial charge in [-0.2, -0.15) is 0 Å². The second-order valence-electron chi connectivity index (χ2n) is 9.53. The molecule has 0 aliphatic heterocycles. The molecule has 4 heteroatoms. The lowest BCUT2D eigenvalue weighted by Crippen LogP contribution is -2.43. The van der Waals surface area contributed by atoms with Gasteiger partial charge in [-0.15, -0.1) is 0 Å². The van der Waals surface area contributed by atoms with Gasteiger partial charge in [-0.25, -0.2) is 0 Å². The summed E-state index contributed by atoms with van der Waals surface area (Å²) in [5.41, 5.74) is 1.25. The minimum Gasteiger partial charge on any atom is -0.546 e. The van der Waals surface area contributed by atoms with E-state index in [1.807, 2.05) is 0 Å². The summed E-state index contributed by atoms with van der Waals surface area (Å²) in [5, 5.41) is 0.172. The van der Waals surface area contributed by atoms with Crippen molar-refractivity contribution in [1.82, 2.24) is 0 Å². The largest absolute Gasteiger partial charge is 0.546 e. The Balaban J connectivity index is 3.29. The third-order valence-electron chi connectivity index (χ3n) is 6.81. The first-order valence-electron chi connectivity index (χ1n) is 11.0. The van der Waals surface area contributed by atoms with Gasteiger partial charge in [0.1, 0.15) is 0 Å². The van der Waals surface area contributed by atoms with Gasteiger partial charge in [-0.1, -0.05) is 84.9 Å². The van der Waals surface area contributed by atoms with Crippen LogP contribution in [0.25, 0.3) is 0 Å². The second-order valence-corrected chi connectivity index (χ2v) is 19.0. The van der Waals surface area contributed by atoms with Gasteiger partial charge in [0.05, 0.1) is 11.9 Å². The fraction of sp³-hybridized carbons (Fsp3) is 0.667. The average Bonchev–Trinajstić information content (AvgIpc) is 2.67. The Labute approximate surface area is 177 Å². The van der Waals surface area contributed by atoms with Crippen molar-refractivity contribution in [2.75, 3.05) is 0 Å². The topological polar surface area (TPSA) is 18.5 Å². The molecule has 2 atom stereocenters. The van der Waals surface area contributed by atoms with Crippen LogP contribution in [0.1, 0.15) is 67.1 Å². The molecule has 0 fully saturated rings. The van der Waals surface area contributed by atoms with Gasteiger partial charge >= 0.3 is 0 Å². The van der Waals surface area contributed by atoms with Gasteiger partial charge in [-0.05, 0) is 48.8 Å². The fourth-order valence-corrected chi connectivity index (χ4v) is 7.44. The van der Waals surface area contributed by atoms with Crippen molar-refractivity contribution in [1.29, 1.82) is 0 Å². The summed E-state index contributed by atoms with van der Waals surface area (Å²) < 4.78 is 13.8. The van der Waals surface area contributed by atoms with E-state index < -0.39 is 16.6 Å². The normalized spacial score (nSPS) is 16.0. The molecular formula is C24H44O2Si2. The summed E-state index contributed by atoms with van der Waals surface area (Å²) in [6.07, 6.45) is 2.20. The first-order chi connectivity index (χ1) is 13.0. The van der Waals surface area contributed by atoms with Crippen molar-refractivity contribution in [3.8, 4) is 0 Å². The molecule has 0 aliphatic carbocycles. The van der Waals surface area contributed by atoms with E-state index in [-0.39, 0.29) is 17.1 Å². The molecule has 0 bridgehead atoms.